The van der Waals surface area contributed by atoms with Gasteiger partial charge in [-0.05, 0) is 23.1 Å². The van der Waals surface area contributed by atoms with Crippen molar-refractivity contribution in [2.45, 2.75) is 44.6 Å². The largest absolute Gasteiger partial charge is 0.506 e. The van der Waals surface area contributed by atoms with Crippen molar-refractivity contribution in [3.63, 3.8) is 0 Å². The van der Waals surface area contributed by atoms with Gasteiger partial charge in [0, 0.05) is 29.7 Å². The van der Waals surface area contributed by atoms with Gasteiger partial charge in [-0.1, -0.05) is 20.8 Å². The highest BCUT2D eigenvalue weighted by Gasteiger charge is 2.24. The predicted molar refractivity (Wildman–Crippen MR) is 77.4 cm³/mol. The van der Waals surface area contributed by atoms with Gasteiger partial charge in [0.1, 0.15) is 10.6 Å². The number of hydrogen-bond donors (Lipinski definition) is 2. The van der Waals surface area contributed by atoms with E-state index < -0.39 is 14.8 Å². The maximum absolute atomic E-state index is 11.5. The zero-order valence-corrected chi connectivity index (χ0v) is 13.4. The van der Waals surface area contributed by atoms with Gasteiger partial charge in [-0.25, -0.2) is 8.42 Å². The van der Waals surface area contributed by atoms with Crippen LogP contribution in [-0.2, 0) is 25.8 Å². The van der Waals surface area contributed by atoms with E-state index in [1.165, 1.54) is 13.0 Å². The summed E-state index contributed by atoms with van der Waals surface area (Å²) in [5.74, 6) is -0.706. The summed E-state index contributed by atoms with van der Waals surface area (Å²) in [4.78, 5) is 10.6. The van der Waals surface area contributed by atoms with E-state index in [-0.39, 0.29) is 22.8 Å². The predicted octanol–water partition coefficient (Wildman–Crippen LogP) is 2.25. The summed E-state index contributed by atoms with van der Waals surface area (Å²) in [6, 6.07) is 3.02. The maximum Gasteiger partial charge on any atom is 0.264 e. The standard InChI is InChI=1S/C13H18ClNO4S/c1-8(16)15-7-9-5-10(13(2,3)4)6-11(12(9)17)20(14,18)19/h5-6,17H,7H2,1-4H3,(H,15,16). The molecule has 2 N–H and O–H groups in total. The molecule has 0 fully saturated rings. The smallest absolute Gasteiger partial charge is 0.264 e. The van der Waals surface area contributed by atoms with E-state index in [1.807, 2.05) is 20.8 Å². The second kappa shape index (κ2) is 5.61. The highest BCUT2D eigenvalue weighted by atomic mass is 35.7. The molecule has 20 heavy (non-hydrogen) atoms. The molecule has 0 bridgehead atoms. The Morgan fingerprint density at radius 1 is 1.35 bits per heavy atom. The first kappa shape index (κ1) is 16.8. The van der Waals surface area contributed by atoms with Gasteiger partial charge in [0.05, 0.1) is 0 Å². The van der Waals surface area contributed by atoms with Crippen molar-refractivity contribution in [3.8, 4) is 5.75 Å². The summed E-state index contributed by atoms with van der Waals surface area (Å²) in [6.45, 7) is 7.10. The van der Waals surface area contributed by atoms with Gasteiger partial charge >= 0.3 is 0 Å². The monoisotopic (exact) mass is 319 g/mol. The van der Waals surface area contributed by atoms with E-state index in [0.717, 1.165) is 0 Å². The summed E-state index contributed by atoms with van der Waals surface area (Å²) in [6.07, 6.45) is 0. The molecule has 0 saturated carbocycles. The third-order valence-corrected chi connectivity index (χ3v) is 4.15. The molecule has 0 spiro atoms. The van der Waals surface area contributed by atoms with Gasteiger partial charge in [0.25, 0.3) is 9.05 Å². The molecular formula is C13H18ClNO4S. The number of phenolic OH excluding ortho intramolecular Hbond substituents is 1. The van der Waals surface area contributed by atoms with Gasteiger partial charge in [0.15, 0.2) is 0 Å². The van der Waals surface area contributed by atoms with Gasteiger partial charge < -0.3 is 10.4 Å². The van der Waals surface area contributed by atoms with Gasteiger partial charge in [0.2, 0.25) is 5.91 Å². The van der Waals surface area contributed by atoms with Crippen LogP contribution in [0.3, 0.4) is 0 Å². The lowest BCUT2D eigenvalue weighted by molar-refractivity contribution is -0.119. The van der Waals surface area contributed by atoms with Gasteiger partial charge in [-0.2, -0.15) is 0 Å². The molecule has 1 aromatic carbocycles. The molecule has 5 nitrogen and oxygen atoms in total. The second-order valence-electron chi connectivity index (χ2n) is 5.58. The van der Waals surface area contributed by atoms with E-state index >= 15 is 0 Å². The molecule has 1 rings (SSSR count). The molecule has 0 saturated heterocycles. The first-order valence-corrected chi connectivity index (χ1v) is 8.29. The first-order valence-electron chi connectivity index (χ1n) is 5.98. The van der Waals surface area contributed by atoms with Crippen molar-refractivity contribution in [3.05, 3.63) is 23.3 Å². The third-order valence-electron chi connectivity index (χ3n) is 2.81. The van der Waals surface area contributed by atoms with Crippen molar-refractivity contribution >= 4 is 25.6 Å². The summed E-state index contributed by atoms with van der Waals surface area (Å²) in [5.41, 5.74) is 0.691. The molecule has 1 amide bonds. The fraction of sp³-hybridized carbons (Fsp3) is 0.462. The summed E-state index contributed by atoms with van der Waals surface area (Å²) in [5, 5.41) is 12.5. The fourth-order valence-corrected chi connectivity index (χ4v) is 2.62. The number of phenols is 1. The number of halogens is 1. The maximum atomic E-state index is 11.5. The Labute approximate surface area is 123 Å². The molecule has 1 aromatic rings. The second-order valence-corrected chi connectivity index (χ2v) is 8.11. The Hall–Kier alpha value is -1.27. The minimum atomic E-state index is -4.07. The normalized spacial score (nSPS) is 12.2. The van der Waals surface area contributed by atoms with Crippen LogP contribution < -0.4 is 5.32 Å². The number of nitrogens with one attached hydrogen (secondary N) is 1. The van der Waals surface area contributed by atoms with Crippen LogP contribution in [0, 0.1) is 0 Å². The Bertz CT molecular complexity index is 633. The van der Waals surface area contributed by atoms with Crippen LogP contribution >= 0.6 is 10.7 Å². The summed E-state index contributed by atoms with van der Waals surface area (Å²) in [7, 11) is 1.28. The zero-order chi connectivity index (χ0) is 15.7. The van der Waals surface area contributed by atoms with Crippen molar-refractivity contribution in [2.75, 3.05) is 0 Å². The van der Waals surface area contributed by atoms with Crippen LogP contribution in [0.2, 0.25) is 0 Å². The molecule has 0 aromatic heterocycles. The minimum Gasteiger partial charge on any atom is -0.506 e. The number of hydrogen-bond acceptors (Lipinski definition) is 4. The molecule has 0 heterocycles. The van der Waals surface area contributed by atoms with Crippen LogP contribution in [0.4, 0.5) is 0 Å². The average Bonchev–Trinajstić information content (AvgIpc) is 2.24. The quantitative estimate of drug-likeness (QED) is 0.837. The lowest BCUT2D eigenvalue weighted by atomic mass is 9.86. The Balaban J connectivity index is 3.47. The summed E-state index contributed by atoms with van der Waals surface area (Å²) < 4.78 is 23.1. The van der Waals surface area contributed by atoms with E-state index in [1.54, 1.807) is 6.07 Å². The van der Waals surface area contributed by atoms with Crippen molar-refractivity contribution in [1.29, 1.82) is 0 Å². The molecule has 0 radical (unpaired) electrons. The Morgan fingerprint density at radius 2 is 1.90 bits per heavy atom. The van der Waals surface area contributed by atoms with Crippen LogP contribution in [0.25, 0.3) is 0 Å². The van der Waals surface area contributed by atoms with Gasteiger partial charge in [-0.15, -0.1) is 0 Å². The SMILES string of the molecule is CC(=O)NCc1cc(C(C)(C)C)cc(S(=O)(=O)Cl)c1O. The van der Waals surface area contributed by atoms with E-state index in [0.29, 0.717) is 11.1 Å². The number of carbonyl (C=O) groups is 1. The lowest BCUT2D eigenvalue weighted by Crippen LogP contribution is -2.20. The van der Waals surface area contributed by atoms with E-state index in [2.05, 4.69) is 5.32 Å². The first-order chi connectivity index (χ1) is 8.93. The molecule has 0 aliphatic heterocycles. The lowest BCUT2D eigenvalue weighted by Gasteiger charge is -2.21. The number of amides is 1. The van der Waals surface area contributed by atoms with Crippen LogP contribution in [0.15, 0.2) is 17.0 Å². The molecule has 112 valence electrons. The number of rotatable bonds is 3. The third kappa shape index (κ3) is 4.11. The van der Waals surface area contributed by atoms with Crippen LogP contribution in [0.1, 0.15) is 38.8 Å². The molecule has 0 aliphatic rings. The number of aromatic hydroxyl groups is 1. The molecule has 7 heteroatoms. The van der Waals surface area contributed by atoms with Crippen molar-refractivity contribution in [2.24, 2.45) is 0 Å². The summed E-state index contributed by atoms with van der Waals surface area (Å²) >= 11 is 0. The Kier molecular flexibility index (Phi) is 4.71. The number of benzene rings is 1. The number of carbonyl (C=O) groups excluding carboxylic acids is 1. The molecule has 0 unspecified atom stereocenters. The van der Waals surface area contributed by atoms with Crippen LogP contribution in [0.5, 0.6) is 5.75 Å². The minimum absolute atomic E-state index is 0.0322. The molecule has 0 aliphatic carbocycles. The molecular weight excluding hydrogens is 302 g/mol. The highest BCUT2D eigenvalue weighted by molar-refractivity contribution is 8.13. The average molecular weight is 320 g/mol. The Morgan fingerprint density at radius 3 is 2.30 bits per heavy atom. The zero-order valence-electron chi connectivity index (χ0n) is 11.8. The van der Waals surface area contributed by atoms with Crippen molar-refractivity contribution in [1.82, 2.24) is 5.32 Å². The van der Waals surface area contributed by atoms with Crippen molar-refractivity contribution < 1.29 is 18.3 Å². The van der Waals surface area contributed by atoms with Crippen LogP contribution in [-0.4, -0.2) is 19.4 Å². The van der Waals surface area contributed by atoms with E-state index in [9.17, 15) is 18.3 Å². The fourth-order valence-electron chi connectivity index (χ4n) is 1.64. The highest BCUT2D eigenvalue weighted by Crippen LogP contribution is 2.35. The molecule has 0 atom stereocenters. The van der Waals surface area contributed by atoms with Gasteiger partial charge in [-0.3, -0.25) is 4.79 Å². The van der Waals surface area contributed by atoms with E-state index in [4.69, 9.17) is 10.7 Å². The topological polar surface area (TPSA) is 83.5 Å².